The van der Waals surface area contributed by atoms with Gasteiger partial charge < -0.3 is 20.1 Å². The Morgan fingerprint density at radius 2 is 1.77 bits per heavy atom. The quantitative estimate of drug-likeness (QED) is 0.285. The first-order valence-electron chi connectivity index (χ1n) is 11.9. The lowest BCUT2D eigenvalue weighted by atomic mass is 9.92. The van der Waals surface area contributed by atoms with Crippen molar-refractivity contribution in [3.8, 4) is 0 Å². The summed E-state index contributed by atoms with van der Waals surface area (Å²) in [7, 11) is 0. The third kappa shape index (κ3) is 9.70. The highest BCUT2D eigenvalue weighted by molar-refractivity contribution is 6.34. The molecule has 1 aromatic carbocycles. The van der Waals surface area contributed by atoms with Crippen LogP contribution in [0.1, 0.15) is 53.7 Å². The summed E-state index contributed by atoms with van der Waals surface area (Å²) >= 11 is 12.2. The van der Waals surface area contributed by atoms with E-state index in [1.165, 1.54) is 5.56 Å². The van der Waals surface area contributed by atoms with Gasteiger partial charge in [-0.15, -0.1) is 0 Å². The lowest BCUT2D eigenvalue weighted by Gasteiger charge is -2.17. The number of benzene rings is 1. The van der Waals surface area contributed by atoms with Crippen molar-refractivity contribution >= 4 is 41.0 Å². The predicted molar refractivity (Wildman–Crippen MR) is 136 cm³/mol. The Morgan fingerprint density at radius 1 is 1.08 bits per heavy atom. The molecule has 4 rings (SSSR count). The number of hydrogen-bond acceptors (Lipinski definition) is 7. The number of fused-ring (bicyclic) bond motifs is 1. The van der Waals surface area contributed by atoms with Gasteiger partial charge in [0.1, 0.15) is 5.82 Å². The van der Waals surface area contributed by atoms with Crippen molar-refractivity contribution < 1.29 is 37.5 Å². The van der Waals surface area contributed by atoms with E-state index in [4.69, 9.17) is 42.6 Å². The van der Waals surface area contributed by atoms with E-state index in [9.17, 15) is 23.1 Å². The van der Waals surface area contributed by atoms with Gasteiger partial charge in [-0.25, -0.2) is 9.78 Å². The molecule has 0 radical (unpaired) electrons. The number of nitrogens with zero attached hydrogens (tertiary/aromatic N) is 3. The van der Waals surface area contributed by atoms with E-state index in [0.29, 0.717) is 34.6 Å². The highest BCUT2D eigenvalue weighted by Gasteiger charge is 2.38. The average molecular weight is 589 g/mol. The molecule has 1 unspecified atom stereocenters. The third-order valence-corrected chi connectivity index (χ3v) is 6.17. The SMILES string of the molecule is O=C(O)C(F)(F)F.O=C(O)CC(Cc1nc(CCCc2ccc3c(n2)NCCC3)no1)c1cc(Cl)cc(Cl)c1. The minimum atomic E-state index is -5.08. The summed E-state index contributed by atoms with van der Waals surface area (Å²) in [5.74, 6) is -2.04. The van der Waals surface area contributed by atoms with Crippen molar-refractivity contribution in [1.29, 1.82) is 0 Å². The maximum Gasteiger partial charge on any atom is 0.490 e. The smallest absolute Gasteiger partial charge is 0.481 e. The first kappa shape index (κ1) is 30.2. The first-order chi connectivity index (χ1) is 18.4. The number of aromatic nitrogens is 3. The second kappa shape index (κ2) is 13.6. The summed E-state index contributed by atoms with van der Waals surface area (Å²) in [6.45, 7) is 0.972. The molecule has 3 N–H and O–H groups in total. The third-order valence-electron chi connectivity index (χ3n) is 5.74. The number of nitrogens with one attached hydrogen (secondary N) is 1. The van der Waals surface area contributed by atoms with Crippen molar-refractivity contribution in [2.75, 3.05) is 11.9 Å². The zero-order valence-electron chi connectivity index (χ0n) is 20.5. The first-order valence-corrected chi connectivity index (χ1v) is 12.7. The molecule has 2 aromatic heterocycles. The van der Waals surface area contributed by atoms with E-state index in [0.717, 1.165) is 49.3 Å². The number of hydrogen-bond donors (Lipinski definition) is 3. The van der Waals surface area contributed by atoms with E-state index in [2.05, 4.69) is 27.6 Å². The Balaban J connectivity index is 0.000000532. The molecular weight excluding hydrogens is 564 g/mol. The molecule has 1 atom stereocenters. The van der Waals surface area contributed by atoms with Crippen molar-refractivity contribution in [2.24, 2.45) is 0 Å². The number of carbonyl (C=O) groups is 2. The zero-order chi connectivity index (χ0) is 28.6. The molecule has 0 aliphatic carbocycles. The molecule has 0 saturated carbocycles. The Bertz CT molecular complexity index is 1280. The van der Waals surface area contributed by atoms with Gasteiger partial charge in [0.2, 0.25) is 5.89 Å². The van der Waals surface area contributed by atoms with Gasteiger partial charge in [-0.05, 0) is 61.1 Å². The van der Waals surface area contributed by atoms with Crippen LogP contribution in [0.25, 0.3) is 0 Å². The summed E-state index contributed by atoms with van der Waals surface area (Å²) in [5.41, 5.74) is 3.05. The molecule has 3 heterocycles. The Hall–Kier alpha value is -3.38. The zero-order valence-corrected chi connectivity index (χ0v) is 22.0. The molecule has 39 heavy (non-hydrogen) atoms. The molecule has 210 valence electrons. The largest absolute Gasteiger partial charge is 0.490 e. The van der Waals surface area contributed by atoms with Crippen molar-refractivity contribution in [3.63, 3.8) is 0 Å². The maximum atomic E-state index is 11.4. The summed E-state index contributed by atoms with van der Waals surface area (Å²) in [6.07, 6.45) is -0.338. The van der Waals surface area contributed by atoms with E-state index in [1.54, 1.807) is 18.2 Å². The van der Waals surface area contributed by atoms with Crippen LogP contribution in [0.4, 0.5) is 19.0 Å². The van der Waals surface area contributed by atoms with Gasteiger partial charge in [-0.2, -0.15) is 18.2 Å². The summed E-state index contributed by atoms with van der Waals surface area (Å²) < 4.78 is 37.1. The topological polar surface area (TPSA) is 138 Å². The van der Waals surface area contributed by atoms with Gasteiger partial charge >= 0.3 is 18.1 Å². The molecule has 0 bridgehead atoms. The van der Waals surface area contributed by atoms with Gasteiger partial charge in [0.05, 0.1) is 6.42 Å². The predicted octanol–water partition coefficient (Wildman–Crippen LogP) is 5.74. The summed E-state index contributed by atoms with van der Waals surface area (Å²) in [4.78, 5) is 29.4. The van der Waals surface area contributed by atoms with Crippen LogP contribution in [0.5, 0.6) is 0 Å². The monoisotopic (exact) mass is 588 g/mol. The van der Waals surface area contributed by atoms with Crippen molar-refractivity contribution in [1.82, 2.24) is 15.1 Å². The number of aryl methyl sites for hydroxylation is 3. The molecular formula is C25H25Cl2F3N4O5. The number of halogens is 5. The molecule has 9 nitrogen and oxygen atoms in total. The van der Waals surface area contributed by atoms with Crippen molar-refractivity contribution in [2.45, 2.75) is 57.0 Å². The minimum Gasteiger partial charge on any atom is -0.481 e. The maximum absolute atomic E-state index is 11.4. The molecule has 0 spiro atoms. The van der Waals surface area contributed by atoms with Crippen molar-refractivity contribution in [3.05, 3.63) is 68.9 Å². The van der Waals surface area contributed by atoms with Crippen LogP contribution < -0.4 is 5.32 Å². The fourth-order valence-corrected chi connectivity index (χ4v) is 4.49. The highest BCUT2D eigenvalue weighted by Crippen LogP contribution is 2.29. The second-order valence-electron chi connectivity index (χ2n) is 8.80. The number of carboxylic acids is 2. The van der Waals surface area contributed by atoms with Gasteiger partial charge in [-0.1, -0.05) is 34.4 Å². The van der Waals surface area contributed by atoms with Gasteiger partial charge in [-0.3, -0.25) is 4.79 Å². The summed E-state index contributed by atoms with van der Waals surface area (Å²) in [6, 6.07) is 9.29. The standard InChI is InChI=1S/C23H24Cl2N4O3.C2HF3O2/c24-17-9-15(10-18(25)13-17)16(12-22(30)31)11-21-28-20(29-32-21)5-1-4-19-7-6-14-3-2-8-26-23(14)27-19;3-2(4,5)1(6)7/h6-7,9-10,13,16H,1-5,8,11-12H2,(H,26,27)(H,30,31);(H,6,7). The van der Waals surface area contributed by atoms with Crippen LogP contribution in [-0.4, -0.2) is 50.0 Å². The van der Waals surface area contributed by atoms with Crippen LogP contribution in [0.3, 0.4) is 0 Å². The number of pyridine rings is 1. The van der Waals surface area contributed by atoms with Crippen LogP contribution in [0.15, 0.2) is 34.9 Å². The van der Waals surface area contributed by atoms with Crippen LogP contribution >= 0.6 is 23.2 Å². The number of alkyl halides is 3. The van der Waals surface area contributed by atoms with Crippen LogP contribution in [-0.2, 0) is 35.3 Å². The molecule has 1 aliphatic rings. The lowest BCUT2D eigenvalue weighted by Crippen LogP contribution is -2.21. The van der Waals surface area contributed by atoms with Gasteiger partial charge in [0.15, 0.2) is 5.82 Å². The van der Waals surface area contributed by atoms with Crippen LogP contribution in [0.2, 0.25) is 10.0 Å². The number of aliphatic carboxylic acids is 2. The summed E-state index contributed by atoms with van der Waals surface area (Å²) in [5, 5.41) is 24.8. The lowest BCUT2D eigenvalue weighted by molar-refractivity contribution is -0.192. The molecule has 14 heteroatoms. The van der Waals surface area contributed by atoms with E-state index < -0.39 is 18.1 Å². The van der Waals surface area contributed by atoms with E-state index in [1.807, 2.05) is 0 Å². The highest BCUT2D eigenvalue weighted by atomic mass is 35.5. The number of carboxylic acid groups (broad SMARTS) is 2. The fraction of sp³-hybridized carbons (Fsp3) is 0.400. The van der Waals surface area contributed by atoms with Gasteiger partial charge in [0, 0.05) is 41.0 Å². The normalized spacial score (nSPS) is 13.5. The molecule has 0 amide bonds. The molecule has 3 aromatic rings. The Labute approximate surface area is 231 Å². The molecule has 1 aliphatic heterocycles. The van der Waals surface area contributed by atoms with E-state index >= 15 is 0 Å². The number of anilines is 1. The Kier molecular flexibility index (Phi) is 10.5. The minimum absolute atomic E-state index is 0.0909. The van der Waals surface area contributed by atoms with E-state index in [-0.39, 0.29) is 12.3 Å². The number of rotatable bonds is 9. The molecule has 0 fully saturated rings. The fourth-order valence-electron chi connectivity index (χ4n) is 3.95. The second-order valence-corrected chi connectivity index (χ2v) is 9.68. The molecule has 0 saturated heterocycles. The average Bonchev–Trinajstić information content (AvgIpc) is 3.29. The van der Waals surface area contributed by atoms with Gasteiger partial charge in [0.25, 0.3) is 0 Å². The Morgan fingerprint density at radius 3 is 2.41 bits per heavy atom. The van der Waals surface area contributed by atoms with Crippen LogP contribution in [0, 0.1) is 0 Å².